The minimum Gasteiger partial charge on any atom is -0.489 e. The maximum atomic E-state index is 5.75. The summed E-state index contributed by atoms with van der Waals surface area (Å²) in [4.78, 5) is 0. The summed E-state index contributed by atoms with van der Waals surface area (Å²) in [7, 11) is 0. The molecule has 0 unspecified atom stereocenters. The first-order valence-corrected chi connectivity index (χ1v) is 5.23. The SMILES string of the molecule is c1cc(OCC2CNC2)c2occc2c1. The molecule has 1 aromatic carbocycles. The van der Waals surface area contributed by atoms with Gasteiger partial charge in [-0.2, -0.15) is 0 Å². The topological polar surface area (TPSA) is 34.4 Å². The predicted octanol–water partition coefficient (Wildman–Crippen LogP) is 2.03. The van der Waals surface area contributed by atoms with Crippen LogP contribution in [-0.4, -0.2) is 19.7 Å². The van der Waals surface area contributed by atoms with Crippen LogP contribution in [0.4, 0.5) is 0 Å². The summed E-state index contributed by atoms with van der Waals surface area (Å²) in [5.74, 6) is 1.50. The monoisotopic (exact) mass is 203 g/mol. The van der Waals surface area contributed by atoms with E-state index in [0.29, 0.717) is 5.92 Å². The Balaban J connectivity index is 1.80. The zero-order valence-electron chi connectivity index (χ0n) is 8.40. The molecule has 3 rings (SSSR count). The van der Waals surface area contributed by atoms with Gasteiger partial charge in [0, 0.05) is 24.4 Å². The van der Waals surface area contributed by atoms with Crippen LogP contribution in [0.1, 0.15) is 0 Å². The molecule has 3 nitrogen and oxygen atoms in total. The number of hydrogen-bond acceptors (Lipinski definition) is 3. The lowest BCUT2D eigenvalue weighted by molar-refractivity contribution is 0.199. The van der Waals surface area contributed by atoms with Crippen LogP contribution in [0.25, 0.3) is 11.0 Å². The molecule has 2 heterocycles. The number of para-hydroxylation sites is 1. The summed E-state index contributed by atoms with van der Waals surface area (Å²) in [5.41, 5.74) is 0.852. The Hall–Kier alpha value is -1.48. The van der Waals surface area contributed by atoms with Crippen LogP contribution in [0, 0.1) is 5.92 Å². The smallest absolute Gasteiger partial charge is 0.175 e. The molecule has 1 aliphatic heterocycles. The average Bonchev–Trinajstić information content (AvgIpc) is 2.63. The molecule has 2 aromatic rings. The Labute approximate surface area is 88.0 Å². The van der Waals surface area contributed by atoms with Gasteiger partial charge in [0.2, 0.25) is 0 Å². The molecule has 1 aromatic heterocycles. The zero-order valence-corrected chi connectivity index (χ0v) is 8.40. The highest BCUT2D eigenvalue weighted by atomic mass is 16.5. The molecule has 0 bridgehead atoms. The Bertz CT molecular complexity index is 459. The molecule has 3 heteroatoms. The van der Waals surface area contributed by atoms with Gasteiger partial charge in [0.05, 0.1) is 12.9 Å². The van der Waals surface area contributed by atoms with Crippen molar-refractivity contribution in [2.75, 3.05) is 19.7 Å². The van der Waals surface area contributed by atoms with Gasteiger partial charge in [-0.15, -0.1) is 0 Å². The van der Waals surface area contributed by atoms with Crippen LogP contribution >= 0.6 is 0 Å². The Morgan fingerprint density at radius 3 is 3.07 bits per heavy atom. The summed E-state index contributed by atoms with van der Waals surface area (Å²) >= 11 is 0. The fourth-order valence-electron chi connectivity index (χ4n) is 1.75. The molecule has 1 aliphatic rings. The number of furan rings is 1. The second kappa shape index (κ2) is 3.59. The predicted molar refractivity (Wildman–Crippen MR) is 58.1 cm³/mol. The largest absolute Gasteiger partial charge is 0.489 e. The third-order valence-corrected chi connectivity index (χ3v) is 2.78. The van der Waals surface area contributed by atoms with E-state index in [-0.39, 0.29) is 0 Å². The molecule has 1 saturated heterocycles. The van der Waals surface area contributed by atoms with Gasteiger partial charge in [-0.05, 0) is 12.1 Å². The van der Waals surface area contributed by atoms with Gasteiger partial charge < -0.3 is 14.5 Å². The van der Waals surface area contributed by atoms with E-state index in [1.54, 1.807) is 6.26 Å². The number of ether oxygens (including phenoxy) is 1. The van der Waals surface area contributed by atoms with Crippen molar-refractivity contribution in [2.45, 2.75) is 0 Å². The first-order valence-electron chi connectivity index (χ1n) is 5.23. The molecule has 0 aliphatic carbocycles. The van der Waals surface area contributed by atoms with Crippen molar-refractivity contribution >= 4 is 11.0 Å². The quantitative estimate of drug-likeness (QED) is 0.828. The third kappa shape index (κ3) is 1.59. The van der Waals surface area contributed by atoms with Crippen LogP contribution < -0.4 is 10.1 Å². The van der Waals surface area contributed by atoms with Crippen LogP contribution in [0.2, 0.25) is 0 Å². The number of rotatable bonds is 3. The van der Waals surface area contributed by atoms with Crippen LogP contribution in [0.15, 0.2) is 34.9 Å². The number of hydrogen-bond donors (Lipinski definition) is 1. The molecule has 0 spiro atoms. The average molecular weight is 203 g/mol. The summed E-state index contributed by atoms with van der Waals surface area (Å²) in [6.07, 6.45) is 1.70. The van der Waals surface area contributed by atoms with E-state index in [4.69, 9.17) is 9.15 Å². The zero-order chi connectivity index (χ0) is 10.1. The van der Waals surface area contributed by atoms with Gasteiger partial charge in [0.1, 0.15) is 0 Å². The standard InChI is InChI=1S/C12H13NO2/c1-2-10-4-5-14-12(10)11(3-1)15-8-9-6-13-7-9/h1-5,9,13H,6-8H2. The van der Waals surface area contributed by atoms with E-state index >= 15 is 0 Å². The van der Waals surface area contributed by atoms with Crippen molar-refractivity contribution in [1.82, 2.24) is 5.32 Å². The fraction of sp³-hybridized carbons (Fsp3) is 0.333. The van der Waals surface area contributed by atoms with Crippen LogP contribution in [-0.2, 0) is 0 Å². The second-order valence-electron chi connectivity index (χ2n) is 3.93. The summed E-state index contributed by atoms with van der Waals surface area (Å²) in [6.45, 7) is 2.90. The van der Waals surface area contributed by atoms with Crippen molar-refractivity contribution in [3.05, 3.63) is 30.5 Å². The number of fused-ring (bicyclic) bond motifs is 1. The lowest BCUT2D eigenvalue weighted by Crippen LogP contribution is -2.45. The molecule has 1 fully saturated rings. The van der Waals surface area contributed by atoms with Crippen molar-refractivity contribution < 1.29 is 9.15 Å². The third-order valence-electron chi connectivity index (χ3n) is 2.78. The highest BCUT2D eigenvalue weighted by Gasteiger charge is 2.17. The molecule has 15 heavy (non-hydrogen) atoms. The van der Waals surface area contributed by atoms with Crippen molar-refractivity contribution in [2.24, 2.45) is 5.92 Å². The Morgan fingerprint density at radius 2 is 2.27 bits per heavy atom. The van der Waals surface area contributed by atoms with Gasteiger partial charge in [-0.1, -0.05) is 12.1 Å². The lowest BCUT2D eigenvalue weighted by Gasteiger charge is -2.26. The van der Waals surface area contributed by atoms with E-state index in [1.165, 1.54) is 0 Å². The maximum absolute atomic E-state index is 5.75. The highest BCUT2D eigenvalue weighted by molar-refractivity contribution is 5.82. The summed E-state index contributed by atoms with van der Waals surface area (Å²) in [6, 6.07) is 7.92. The number of nitrogens with one attached hydrogen (secondary N) is 1. The first-order chi connectivity index (χ1) is 7.43. The lowest BCUT2D eigenvalue weighted by atomic mass is 10.1. The molecule has 1 N–H and O–H groups in total. The van der Waals surface area contributed by atoms with E-state index in [9.17, 15) is 0 Å². The van der Waals surface area contributed by atoms with Gasteiger partial charge in [-0.25, -0.2) is 0 Å². The molecular formula is C12H13NO2. The number of benzene rings is 1. The normalized spacial score (nSPS) is 16.5. The molecule has 0 amide bonds. The molecular weight excluding hydrogens is 190 g/mol. The molecule has 0 radical (unpaired) electrons. The van der Waals surface area contributed by atoms with Gasteiger partial charge >= 0.3 is 0 Å². The molecule has 78 valence electrons. The van der Waals surface area contributed by atoms with Crippen molar-refractivity contribution in [3.63, 3.8) is 0 Å². The van der Waals surface area contributed by atoms with E-state index in [1.807, 2.05) is 24.3 Å². The van der Waals surface area contributed by atoms with Crippen LogP contribution in [0.5, 0.6) is 5.75 Å². The van der Waals surface area contributed by atoms with E-state index in [0.717, 1.165) is 36.4 Å². The fourth-order valence-corrected chi connectivity index (χ4v) is 1.75. The maximum Gasteiger partial charge on any atom is 0.175 e. The Morgan fingerprint density at radius 1 is 1.33 bits per heavy atom. The summed E-state index contributed by atoms with van der Waals surface area (Å²) in [5, 5.41) is 4.32. The van der Waals surface area contributed by atoms with E-state index in [2.05, 4.69) is 5.32 Å². The first kappa shape index (κ1) is 8.80. The van der Waals surface area contributed by atoms with Crippen molar-refractivity contribution in [3.8, 4) is 5.75 Å². The van der Waals surface area contributed by atoms with Gasteiger partial charge in [-0.3, -0.25) is 0 Å². The summed E-state index contributed by atoms with van der Waals surface area (Å²) < 4.78 is 11.1. The minimum absolute atomic E-state index is 0.648. The molecule has 0 atom stereocenters. The van der Waals surface area contributed by atoms with E-state index < -0.39 is 0 Å². The van der Waals surface area contributed by atoms with Gasteiger partial charge in [0.25, 0.3) is 0 Å². The highest BCUT2D eigenvalue weighted by Crippen LogP contribution is 2.26. The molecule has 0 saturated carbocycles. The van der Waals surface area contributed by atoms with Gasteiger partial charge in [0.15, 0.2) is 11.3 Å². The second-order valence-corrected chi connectivity index (χ2v) is 3.93. The minimum atomic E-state index is 0.648. The Kier molecular flexibility index (Phi) is 2.10. The van der Waals surface area contributed by atoms with Crippen LogP contribution in [0.3, 0.4) is 0 Å². The van der Waals surface area contributed by atoms with Crippen molar-refractivity contribution in [1.29, 1.82) is 0 Å².